The average molecular weight is 383 g/mol. The maximum atomic E-state index is 10.8. The smallest absolute Gasteiger partial charge is 0.303 e. The van der Waals surface area contributed by atoms with Gasteiger partial charge in [0.1, 0.15) is 23.7 Å². The van der Waals surface area contributed by atoms with Crippen LogP contribution in [0.3, 0.4) is 0 Å². The van der Waals surface area contributed by atoms with Crippen molar-refractivity contribution in [2.24, 2.45) is 0 Å². The highest BCUT2D eigenvalue weighted by Gasteiger charge is 2.32. The first kappa shape index (κ1) is 20.2. The van der Waals surface area contributed by atoms with Crippen LogP contribution in [0.15, 0.2) is 24.3 Å². The van der Waals surface area contributed by atoms with Gasteiger partial charge in [-0.3, -0.25) is 4.79 Å². The molecule has 0 spiro atoms. The van der Waals surface area contributed by atoms with Crippen LogP contribution in [0.2, 0.25) is 0 Å². The second-order valence-corrected chi connectivity index (χ2v) is 8.29. The summed E-state index contributed by atoms with van der Waals surface area (Å²) in [5.41, 5.74) is 6.70. The van der Waals surface area contributed by atoms with Crippen LogP contribution in [-0.2, 0) is 30.7 Å². The molecule has 1 N–H and O–H groups in total. The molecule has 2 aromatic rings. The number of fused-ring (bicyclic) bond motifs is 1. The second kappa shape index (κ2) is 7.86. The van der Waals surface area contributed by atoms with Gasteiger partial charge in [-0.25, -0.2) is 0 Å². The molecule has 0 saturated heterocycles. The summed E-state index contributed by atoms with van der Waals surface area (Å²) in [4.78, 5) is 10.8. The van der Waals surface area contributed by atoms with E-state index in [9.17, 15) is 4.79 Å². The standard InChI is InChI=1S/C24H30O4/c1-6-17-11-19-13-24(4,5)28-23(19)20(12-17)14-27-21-9-7-18(8-10-22(25)26)15(2)16(21)3/h7,9,11-12H,6,8,10,13-14H2,1-5H3,(H,25,26). The molecule has 0 aromatic heterocycles. The highest BCUT2D eigenvalue weighted by Crippen LogP contribution is 2.39. The van der Waals surface area contributed by atoms with Gasteiger partial charge in [-0.1, -0.05) is 19.1 Å². The molecule has 0 amide bonds. The van der Waals surface area contributed by atoms with E-state index in [1.807, 2.05) is 26.0 Å². The SMILES string of the molecule is CCc1cc(COc2ccc(CCC(=O)O)c(C)c2C)c2c(c1)CC(C)(C)O2. The van der Waals surface area contributed by atoms with Crippen LogP contribution in [0, 0.1) is 13.8 Å². The first-order valence-electron chi connectivity index (χ1n) is 9.97. The number of hydrogen-bond donors (Lipinski definition) is 1. The lowest BCUT2D eigenvalue weighted by Crippen LogP contribution is -2.25. The minimum Gasteiger partial charge on any atom is -0.488 e. The average Bonchev–Trinajstić information content (AvgIpc) is 2.95. The Labute approximate surface area is 167 Å². The summed E-state index contributed by atoms with van der Waals surface area (Å²) in [5.74, 6) is 1.03. The minimum absolute atomic E-state index is 0.142. The molecular weight excluding hydrogens is 352 g/mol. The Balaban J connectivity index is 1.81. The normalized spacial score (nSPS) is 14.5. The Hall–Kier alpha value is -2.49. The lowest BCUT2D eigenvalue weighted by atomic mass is 9.97. The fourth-order valence-corrected chi connectivity index (χ4v) is 3.85. The Bertz CT molecular complexity index is 896. The molecule has 0 aliphatic carbocycles. The lowest BCUT2D eigenvalue weighted by Gasteiger charge is -2.19. The fraction of sp³-hybridized carbons (Fsp3) is 0.458. The molecule has 0 fully saturated rings. The number of hydrogen-bond acceptors (Lipinski definition) is 3. The van der Waals surface area contributed by atoms with Crippen molar-refractivity contribution < 1.29 is 19.4 Å². The number of benzene rings is 2. The molecule has 0 unspecified atom stereocenters. The zero-order valence-corrected chi connectivity index (χ0v) is 17.5. The van der Waals surface area contributed by atoms with Gasteiger partial charge in [0, 0.05) is 18.4 Å². The third-order valence-corrected chi connectivity index (χ3v) is 5.55. The van der Waals surface area contributed by atoms with Crippen molar-refractivity contribution in [3.8, 4) is 11.5 Å². The van der Waals surface area contributed by atoms with Gasteiger partial charge >= 0.3 is 5.97 Å². The number of aliphatic carboxylic acids is 1. The zero-order valence-electron chi connectivity index (χ0n) is 17.5. The predicted molar refractivity (Wildman–Crippen MR) is 110 cm³/mol. The van der Waals surface area contributed by atoms with Gasteiger partial charge in [0.15, 0.2) is 0 Å². The van der Waals surface area contributed by atoms with Crippen molar-refractivity contribution in [3.63, 3.8) is 0 Å². The van der Waals surface area contributed by atoms with Crippen molar-refractivity contribution >= 4 is 5.97 Å². The van der Waals surface area contributed by atoms with Crippen molar-refractivity contribution in [1.82, 2.24) is 0 Å². The second-order valence-electron chi connectivity index (χ2n) is 8.29. The number of carbonyl (C=O) groups is 1. The number of aryl methyl sites for hydroxylation is 2. The van der Waals surface area contributed by atoms with Crippen molar-refractivity contribution in [3.05, 3.63) is 57.6 Å². The van der Waals surface area contributed by atoms with Gasteiger partial charge in [0.2, 0.25) is 0 Å². The third kappa shape index (κ3) is 4.32. The quantitative estimate of drug-likeness (QED) is 0.717. The molecule has 150 valence electrons. The predicted octanol–water partition coefficient (Wildman–Crippen LogP) is 5.18. The summed E-state index contributed by atoms with van der Waals surface area (Å²) in [5, 5.41) is 8.92. The molecule has 1 heterocycles. The van der Waals surface area contributed by atoms with E-state index in [-0.39, 0.29) is 12.0 Å². The summed E-state index contributed by atoms with van der Waals surface area (Å²) >= 11 is 0. The minimum atomic E-state index is -0.773. The first-order valence-corrected chi connectivity index (χ1v) is 9.97. The Morgan fingerprint density at radius 1 is 1.18 bits per heavy atom. The van der Waals surface area contributed by atoms with Gasteiger partial charge in [-0.2, -0.15) is 0 Å². The topological polar surface area (TPSA) is 55.8 Å². The molecule has 0 saturated carbocycles. The van der Waals surface area contributed by atoms with Crippen LogP contribution in [0.5, 0.6) is 11.5 Å². The van der Waals surface area contributed by atoms with Crippen molar-refractivity contribution in [2.45, 2.75) is 72.5 Å². The first-order chi connectivity index (χ1) is 13.2. The van der Waals surface area contributed by atoms with E-state index in [0.717, 1.165) is 46.6 Å². The van der Waals surface area contributed by atoms with E-state index < -0.39 is 5.97 Å². The largest absolute Gasteiger partial charge is 0.488 e. The van der Waals surface area contributed by atoms with E-state index in [2.05, 4.69) is 32.9 Å². The summed E-state index contributed by atoms with van der Waals surface area (Å²) in [6.07, 6.45) is 2.58. The monoisotopic (exact) mass is 382 g/mol. The molecule has 0 atom stereocenters. The van der Waals surface area contributed by atoms with Crippen LogP contribution in [0.4, 0.5) is 0 Å². The summed E-state index contributed by atoms with van der Waals surface area (Å²) < 4.78 is 12.4. The summed E-state index contributed by atoms with van der Waals surface area (Å²) in [7, 11) is 0. The molecule has 3 rings (SSSR count). The molecule has 4 nitrogen and oxygen atoms in total. The van der Waals surface area contributed by atoms with Crippen molar-refractivity contribution in [2.75, 3.05) is 0 Å². The number of carboxylic acids is 1. The van der Waals surface area contributed by atoms with E-state index in [1.165, 1.54) is 11.1 Å². The van der Waals surface area contributed by atoms with E-state index >= 15 is 0 Å². The maximum Gasteiger partial charge on any atom is 0.303 e. The molecule has 2 aromatic carbocycles. The maximum absolute atomic E-state index is 10.8. The number of rotatable bonds is 7. The van der Waals surface area contributed by atoms with Crippen LogP contribution in [0.25, 0.3) is 0 Å². The summed E-state index contributed by atoms with van der Waals surface area (Å²) in [6.45, 7) is 10.9. The van der Waals surface area contributed by atoms with Gasteiger partial charge in [0.05, 0.1) is 0 Å². The van der Waals surface area contributed by atoms with Crippen LogP contribution in [-0.4, -0.2) is 16.7 Å². The lowest BCUT2D eigenvalue weighted by molar-refractivity contribution is -0.136. The Morgan fingerprint density at radius 2 is 1.93 bits per heavy atom. The van der Waals surface area contributed by atoms with Crippen LogP contribution in [0.1, 0.15) is 60.6 Å². The van der Waals surface area contributed by atoms with Gasteiger partial charge in [-0.05, 0) is 80.5 Å². The highest BCUT2D eigenvalue weighted by molar-refractivity contribution is 5.67. The molecule has 28 heavy (non-hydrogen) atoms. The van der Waals surface area contributed by atoms with E-state index in [0.29, 0.717) is 13.0 Å². The molecule has 4 heteroatoms. The zero-order chi connectivity index (χ0) is 20.5. The number of ether oxygens (including phenoxy) is 2. The fourth-order valence-electron chi connectivity index (χ4n) is 3.85. The third-order valence-electron chi connectivity index (χ3n) is 5.55. The van der Waals surface area contributed by atoms with Crippen molar-refractivity contribution in [1.29, 1.82) is 0 Å². The molecule has 1 aliphatic heterocycles. The Kier molecular flexibility index (Phi) is 5.69. The highest BCUT2D eigenvalue weighted by atomic mass is 16.5. The van der Waals surface area contributed by atoms with Crippen LogP contribution < -0.4 is 9.47 Å². The Morgan fingerprint density at radius 3 is 2.61 bits per heavy atom. The molecule has 0 bridgehead atoms. The van der Waals surface area contributed by atoms with Gasteiger partial charge in [0.25, 0.3) is 0 Å². The van der Waals surface area contributed by atoms with Crippen LogP contribution >= 0.6 is 0 Å². The molecular formula is C24H30O4. The van der Waals surface area contributed by atoms with E-state index in [4.69, 9.17) is 14.6 Å². The van der Waals surface area contributed by atoms with E-state index in [1.54, 1.807) is 0 Å². The van der Waals surface area contributed by atoms with Gasteiger partial charge < -0.3 is 14.6 Å². The summed E-state index contributed by atoms with van der Waals surface area (Å²) in [6, 6.07) is 8.37. The van der Waals surface area contributed by atoms with Gasteiger partial charge in [-0.15, -0.1) is 0 Å². The molecule has 1 aliphatic rings. The molecule has 0 radical (unpaired) electrons. The number of carboxylic acid groups (broad SMARTS) is 1.